The molecule has 1 aliphatic rings. The van der Waals surface area contributed by atoms with Gasteiger partial charge in [-0.3, -0.25) is 0 Å². The van der Waals surface area contributed by atoms with E-state index in [1.165, 1.54) is 6.42 Å². The maximum absolute atomic E-state index is 5.33. The van der Waals surface area contributed by atoms with Gasteiger partial charge in [-0.15, -0.1) is 0 Å². The molecule has 1 N–H and O–H groups in total. The van der Waals surface area contributed by atoms with Gasteiger partial charge in [0, 0.05) is 13.2 Å². The van der Waals surface area contributed by atoms with E-state index in [0.717, 1.165) is 24.9 Å². The third kappa shape index (κ3) is 3.11. The standard InChI is InChI=1S/C10H21NO/c1-8-7-9(8)11-6-5-10(2,3)12-4/h8-9,11H,5-7H2,1-4H3. The Morgan fingerprint density at radius 2 is 2.08 bits per heavy atom. The second-order valence-corrected chi connectivity index (χ2v) is 4.49. The molecule has 0 amide bonds. The summed E-state index contributed by atoms with van der Waals surface area (Å²) in [5.74, 6) is 0.899. The minimum atomic E-state index is 0.0329. The summed E-state index contributed by atoms with van der Waals surface area (Å²) in [5.41, 5.74) is 0.0329. The Morgan fingerprint density at radius 3 is 2.50 bits per heavy atom. The minimum Gasteiger partial charge on any atom is -0.379 e. The Kier molecular flexibility index (Phi) is 3.13. The Morgan fingerprint density at radius 1 is 1.50 bits per heavy atom. The van der Waals surface area contributed by atoms with Crippen LogP contribution in [0, 0.1) is 5.92 Å². The zero-order valence-electron chi connectivity index (χ0n) is 8.68. The number of rotatable bonds is 5. The molecule has 1 aliphatic carbocycles. The summed E-state index contributed by atoms with van der Waals surface area (Å²) in [6, 6.07) is 0.789. The monoisotopic (exact) mass is 171 g/mol. The molecule has 2 heteroatoms. The van der Waals surface area contributed by atoms with Crippen LogP contribution in [0.25, 0.3) is 0 Å². The molecular weight excluding hydrogens is 150 g/mol. The van der Waals surface area contributed by atoms with Gasteiger partial charge < -0.3 is 10.1 Å². The molecule has 0 aromatic carbocycles. The number of hydrogen-bond acceptors (Lipinski definition) is 2. The number of hydrogen-bond donors (Lipinski definition) is 1. The van der Waals surface area contributed by atoms with Crippen LogP contribution in [-0.4, -0.2) is 25.3 Å². The first kappa shape index (κ1) is 10.0. The molecule has 72 valence electrons. The summed E-state index contributed by atoms with van der Waals surface area (Å²) in [4.78, 5) is 0. The highest BCUT2D eigenvalue weighted by atomic mass is 16.5. The zero-order chi connectivity index (χ0) is 9.19. The van der Waals surface area contributed by atoms with E-state index in [1.807, 2.05) is 0 Å². The first-order valence-corrected chi connectivity index (χ1v) is 4.84. The smallest absolute Gasteiger partial charge is 0.0634 e. The third-order valence-electron chi connectivity index (χ3n) is 2.80. The van der Waals surface area contributed by atoms with Gasteiger partial charge in [0.15, 0.2) is 0 Å². The van der Waals surface area contributed by atoms with Gasteiger partial charge in [-0.1, -0.05) is 6.92 Å². The summed E-state index contributed by atoms with van der Waals surface area (Å²) in [6.45, 7) is 7.63. The van der Waals surface area contributed by atoms with E-state index in [2.05, 4.69) is 26.1 Å². The van der Waals surface area contributed by atoms with Crippen molar-refractivity contribution in [2.24, 2.45) is 5.92 Å². The molecule has 0 radical (unpaired) electrons. The van der Waals surface area contributed by atoms with Crippen molar-refractivity contribution in [2.75, 3.05) is 13.7 Å². The van der Waals surface area contributed by atoms with Crippen LogP contribution in [0.2, 0.25) is 0 Å². The molecule has 2 nitrogen and oxygen atoms in total. The van der Waals surface area contributed by atoms with Crippen molar-refractivity contribution in [1.82, 2.24) is 5.32 Å². The highest BCUT2D eigenvalue weighted by Crippen LogP contribution is 2.29. The van der Waals surface area contributed by atoms with E-state index >= 15 is 0 Å². The molecule has 0 heterocycles. The minimum absolute atomic E-state index is 0.0329. The molecule has 1 rings (SSSR count). The van der Waals surface area contributed by atoms with Crippen molar-refractivity contribution in [1.29, 1.82) is 0 Å². The van der Waals surface area contributed by atoms with Crippen molar-refractivity contribution in [2.45, 2.75) is 45.3 Å². The molecule has 2 unspecified atom stereocenters. The lowest BCUT2D eigenvalue weighted by molar-refractivity contribution is 0.0158. The first-order valence-electron chi connectivity index (χ1n) is 4.84. The van der Waals surface area contributed by atoms with Crippen molar-refractivity contribution < 1.29 is 4.74 Å². The van der Waals surface area contributed by atoms with Gasteiger partial charge in [0.05, 0.1) is 5.60 Å². The molecule has 12 heavy (non-hydrogen) atoms. The number of nitrogens with one attached hydrogen (secondary N) is 1. The highest BCUT2D eigenvalue weighted by Gasteiger charge is 2.31. The molecule has 0 saturated heterocycles. The predicted molar refractivity (Wildman–Crippen MR) is 51.3 cm³/mol. The quantitative estimate of drug-likeness (QED) is 0.681. The van der Waals surface area contributed by atoms with Crippen LogP contribution in [-0.2, 0) is 4.74 Å². The van der Waals surface area contributed by atoms with E-state index in [-0.39, 0.29) is 5.60 Å². The Bertz CT molecular complexity index is 145. The fourth-order valence-corrected chi connectivity index (χ4v) is 1.27. The maximum atomic E-state index is 5.33. The lowest BCUT2D eigenvalue weighted by Gasteiger charge is -2.22. The van der Waals surface area contributed by atoms with Gasteiger partial charge in [0.1, 0.15) is 0 Å². The average Bonchev–Trinajstić information content (AvgIpc) is 2.67. The maximum Gasteiger partial charge on any atom is 0.0634 e. The summed E-state index contributed by atoms with van der Waals surface area (Å²) >= 11 is 0. The van der Waals surface area contributed by atoms with Crippen molar-refractivity contribution in [3.8, 4) is 0 Å². The molecule has 0 spiro atoms. The van der Waals surface area contributed by atoms with E-state index < -0.39 is 0 Å². The molecule has 0 aromatic heterocycles. The van der Waals surface area contributed by atoms with Gasteiger partial charge in [-0.25, -0.2) is 0 Å². The third-order valence-corrected chi connectivity index (χ3v) is 2.80. The summed E-state index contributed by atoms with van der Waals surface area (Å²) < 4.78 is 5.33. The van der Waals surface area contributed by atoms with Gasteiger partial charge in [0.25, 0.3) is 0 Å². The molecule has 0 bridgehead atoms. The molecule has 0 aromatic rings. The topological polar surface area (TPSA) is 21.3 Å². The van der Waals surface area contributed by atoms with Crippen LogP contribution >= 0.6 is 0 Å². The van der Waals surface area contributed by atoms with Crippen LogP contribution in [0.15, 0.2) is 0 Å². The lowest BCUT2D eigenvalue weighted by Crippen LogP contribution is -2.30. The normalized spacial score (nSPS) is 29.0. The molecule has 0 aliphatic heterocycles. The van der Waals surface area contributed by atoms with E-state index in [4.69, 9.17) is 4.74 Å². The zero-order valence-corrected chi connectivity index (χ0v) is 8.68. The van der Waals surface area contributed by atoms with Gasteiger partial charge in [0.2, 0.25) is 0 Å². The molecular formula is C10H21NO. The second-order valence-electron chi connectivity index (χ2n) is 4.49. The van der Waals surface area contributed by atoms with Crippen molar-refractivity contribution >= 4 is 0 Å². The molecule has 1 saturated carbocycles. The average molecular weight is 171 g/mol. The first-order chi connectivity index (χ1) is 5.55. The number of methoxy groups -OCH3 is 1. The summed E-state index contributed by atoms with van der Waals surface area (Å²) in [5, 5.41) is 3.52. The summed E-state index contributed by atoms with van der Waals surface area (Å²) in [7, 11) is 1.78. The number of ether oxygens (including phenoxy) is 1. The van der Waals surface area contributed by atoms with Crippen LogP contribution in [0.5, 0.6) is 0 Å². The fraction of sp³-hybridized carbons (Fsp3) is 1.00. The van der Waals surface area contributed by atoms with Gasteiger partial charge in [-0.2, -0.15) is 0 Å². The van der Waals surface area contributed by atoms with Crippen molar-refractivity contribution in [3.05, 3.63) is 0 Å². The van der Waals surface area contributed by atoms with Crippen LogP contribution in [0.4, 0.5) is 0 Å². The van der Waals surface area contributed by atoms with Crippen molar-refractivity contribution in [3.63, 3.8) is 0 Å². The SMILES string of the molecule is COC(C)(C)CCNC1CC1C. The molecule has 2 atom stereocenters. The van der Waals surface area contributed by atoms with Crippen LogP contribution in [0.3, 0.4) is 0 Å². The van der Waals surface area contributed by atoms with Gasteiger partial charge >= 0.3 is 0 Å². The van der Waals surface area contributed by atoms with E-state index in [0.29, 0.717) is 0 Å². The fourth-order valence-electron chi connectivity index (χ4n) is 1.27. The molecule has 1 fully saturated rings. The Hall–Kier alpha value is -0.0800. The van der Waals surface area contributed by atoms with E-state index in [1.54, 1.807) is 7.11 Å². The highest BCUT2D eigenvalue weighted by molar-refractivity contribution is 4.89. The van der Waals surface area contributed by atoms with E-state index in [9.17, 15) is 0 Å². The Balaban J connectivity index is 2.02. The predicted octanol–water partition coefficient (Wildman–Crippen LogP) is 1.80. The largest absolute Gasteiger partial charge is 0.379 e. The Labute approximate surface area is 75.7 Å². The second kappa shape index (κ2) is 3.75. The summed E-state index contributed by atoms with van der Waals surface area (Å²) in [6.07, 6.45) is 2.44. The van der Waals surface area contributed by atoms with Crippen LogP contribution < -0.4 is 5.32 Å². The van der Waals surface area contributed by atoms with Gasteiger partial charge in [-0.05, 0) is 39.2 Å². The van der Waals surface area contributed by atoms with Crippen LogP contribution in [0.1, 0.15) is 33.6 Å². The lowest BCUT2D eigenvalue weighted by atomic mass is 10.1.